The molecule has 0 radical (unpaired) electrons. The Morgan fingerprint density at radius 3 is 2.30 bits per heavy atom. The highest BCUT2D eigenvalue weighted by Crippen LogP contribution is 2.35. The van der Waals surface area contributed by atoms with Crippen molar-refractivity contribution in [3.8, 4) is 11.5 Å². The number of aromatic nitrogens is 1. The second kappa shape index (κ2) is 21.7. The predicted octanol–water partition coefficient (Wildman–Crippen LogP) is 6.78. The molecule has 1 aromatic heterocycles. The number of carbonyl (C=O) groups is 3. The summed E-state index contributed by atoms with van der Waals surface area (Å²) in [5.74, 6) is -0.829. The molecule has 13 nitrogen and oxygen atoms in total. The minimum atomic E-state index is -2.11. The van der Waals surface area contributed by atoms with Gasteiger partial charge in [0.2, 0.25) is 11.2 Å². The van der Waals surface area contributed by atoms with Crippen LogP contribution in [0, 0.1) is 5.92 Å². The second-order valence-corrected chi connectivity index (χ2v) is 17.7. The summed E-state index contributed by atoms with van der Waals surface area (Å²) in [5.41, 5.74) is 1.88. The molecule has 2 amide bonds. The third-order valence-corrected chi connectivity index (χ3v) is 13.0. The maximum Gasteiger partial charge on any atom is 0.347 e. The number of hydrogen-bond acceptors (Lipinski definition) is 10. The van der Waals surface area contributed by atoms with E-state index in [2.05, 4.69) is 27.3 Å². The lowest BCUT2D eigenvalue weighted by molar-refractivity contribution is -0.164. The summed E-state index contributed by atoms with van der Waals surface area (Å²) >= 11 is 0. The molecule has 3 heterocycles. The molecule has 3 atom stereocenters. The lowest BCUT2D eigenvalue weighted by Gasteiger charge is -2.33. The Bertz CT molecular complexity index is 2690. The van der Waals surface area contributed by atoms with Gasteiger partial charge in [0.25, 0.3) is 11.8 Å². The van der Waals surface area contributed by atoms with Gasteiger partial charge in [-0.3, -0.25) is 19.3 Å². The molecule has 8 rings (SSSR count). The Labute approximate surface area is 390 Å². The van der Waals surface area contributed by atoms with E-state index in [-0.39, 0.29) is 53.9 Å². The van der Waals surface area contributed by atoms with Crippen molar-refractivity contribution in [3.05, 3.63) is 177 Å². The van der Waals surface area contributed by atoms with E-state index in [1.54, 1.807) is 77.7 Å². The van der Waals surface area contributed by atoms with E-state index < -0.39 is 17.7 Å². The van der Waals surface area contributed by atoms with Crippen LogP contribution in [0.4, 0.5) is 0 Å². The number of amides is 2. The zero-order valence-corrected chi connectivity index (χ0v) is 37.5. The van der Waals surface area contributed by atoms with Crippen molar-refractivity contribution in [2.45, 2.75) is 69.2 Å². The van der Waals surface area contributed by atoms with Crippen molar-refractivity contribution in [2.75, 3.05) is 39.4 Å². The lowest BCUT2D eigenvalue weighted by Crippen LogP contribution is -2.50. The van der Waals surface area contributed by atoms with Crippen molar-refractivity contribution < 1.29 is 39.2 Å². The number of ether oxygens (including phenoxy) is 2. The number of hydrogen-bond donors (Lipinski definition) is 5. The summed E-state index contributed by atoms with van der Waals surface area (Å²) in [4.78, 5) is 59.2. The quantitative estimate of drug-likeness (QED) is 0.0613. The van der Waals surface area contributed by atoms with Crippen molar-refractivity contribution >= 4 is 28.7 Å². The van der Waals surface area contributed by atoms with Crippen molar-refractivity contribution in [1.29, 1.82) is 0 Å². The number of phenolic OH excluding ortho intramolecular Hbond substituents is 1. The van der Waals surface area contributed by atoms with Gasteiger partial charge >= 0.3 is 5.97 Å². The largest absolute Gasteiger partial charge is 0.506 e. The van der Waals surface area contributed by atoms with Crippen LogP contribution in [0.1, 0.15) is 82.8 Å². The van der Waals surface area contributed by atoms with Gasteiger partial charge in [-0.2, -0.15) is 0 Å². The molecule has 67 heavy (non-hydrogen) atoms. The Morgan fingerprint density at radius 2 is 1.54 bits per heavy atom. The summed E-state index contributed by atoms with van der Waals surface area (Å²) < 4.78 is 11.9. The van der Waals surface area contributed by atoms with Crippen molar-refractivity contribution in [3.63, 3.8) is 0 Å². The van der Waals surface area contributed by atoms with Crippen LogP contribution >= 0.6 is 0 Å². The van der Waals surface area contributed by atoms with E-state index in [1.807, 2.05) is 36.4 Å². The monoisotopic (exact) mass is 906 g/mol. The minimum Gasteiger partial charge on any atom is -0.506 e. The van der Waals surface area contributed by atoms with Gasteiger partial charge in [0.15, 0.2) is 6.61 Å². The highest BCUT2D eigenvalue weighted by molar-refractivity contribution is 5.94. The Kier molecular flexibility index (Phi) is 15.1. The molecule has 0 saturated carbocycles. The van der Waals surface area contributed by atoms with Crippen LogP contribution in [0.15, 0.2) is 138 Å². The van der Waals surface area contributed by atoms with Crippen LogP contribution in [0.25, 0.3) is 10.9 Å². The molecule has 348 valence electrons. The zero-order chi connectivity index (χ0) is 46.8. The number of fused-ring (bicyclic) bond motifs is 1. The highest BCUT2D eigenvalue weighted by atomic mass is 16.5. The highest BCUT2D eigenvalue weighted by Gasteiger charge is 2.42. The molecule has 6 aromatic rings. The second-order valence-electron chi connectivity index (χ2n) is 17.7. The summed E-state index contributed by atoms with van der Waals surface area (Å²) in [6, 6.07) is 38.8. The number of aliphatic hydroxyl groups is 2. The number of H-pyrrole nitrogens is 1. The van der Waals surface area contributed by atoms with Gasteiger partial charge < -0.3 is 40.0 Å². The fourth-order valence-electron chi connectivity index (χ4n) is 9.20. The van der Waals surface area contributed by atoms with Crippen LogP contribution in [-0.4, -0.2) is 93.3 Å². The lowest BCUT2D eigenvalue weighted by atomic mass is 9.86. The van der Waals surface area contributed by atoms with Crippen molar-refractivity contribution in [2.24, 2.45) is 5.92 Å². The molecule has 2 aliphatic rings. The number of likely N-dealkylation sites (tertiary alicyclic amines) is 2. The number of nitrogens with zero attached hydrogens (tertiary/aromatic N) is 2. The van der Waals surface area contributed by atoms with Gasteiger partial charge in [0, 0.05) is 48.3 Å². The number of piperidine rings is 2. The van der Waals surface area contributed by atoms with Crippen LogP contribution in [0.3, 0.4) is 0 Å². The summed E-state index contributed by atoms with van der Waals surface area (Å²) in [7, 11) is 0. The van der Waals surface area contributed by atoms with Crippen LogP contribution < -0.4 is 15.6 Å². The Balaban J connectivity index is 0.807. The minimum absolute atomic E-state index is 0.0552. The van der Waals surface area contributed by atoms with Crippen molar-refractivity contribution in [1.82, 2.24) is 20.1 Å². The van der Waals surface area contributed by atoms with Gasteiger partial charge in [-0.15, -0.1) is 0 Å². The average Bonchev–Trinajstić information content (AvgIpc) is 3.36. The number of carbonyl (C=O) groups excluding carboxylic acids is 3. The van der Waals surface area contributed by atoms with Gasteiger partial charge in [-0.1, -0.05) is 91.0 Å². The molecule has 13 heteroatoms. The number of pyridine rings is 1. The van der Waals surface area contributed by atoms with Gasteiger partial charge in [-0.25, -0.2) is 4.79 Å². The standard InChI is InChI=1S/C54H58N4O9/c59-47(45-23-25-48(60)51-46(45)24-26-49(61)56-51)18-7-12-37-19-21-40(22-20-37)52(63)55-43-16-9-29-58(34-43)50(62)36-66-44-17-8-15-42(32-44)54(65,41-13-5-2-6-14-41)53(64)67-35-39-27-30-57(31-28-39)33-38-10-3-1-4-11-38/h1-6,8,10-11,13-15,17,19-26,32,39,43,47,59-60,65H,7,9,12,16,18,27-31,33-36H2,(H,55,63)(H,56,61)/t43-,47-,54-/m0/s1. The molecular weight excluding hydrogens is 849 g/mol. The number of benzene rings is 5. The average molecular weight is 907 g/mol. The Morgan fingerprint density at radius 1 is 0.806 bits per heavy atom. The number of phenols is 1. The van der Waals surface area contributed by atoms with Gasteiger partial charge in [0.05, 0.1) is 18.2 Å². The number of esters is 1. The van der Waals surface area contributed by atoms with Crippen LogP contribution in [0.5, 0.6) is 11.5 Å². The zero-order valence-electron chi connectivity index (χ0n) is 37.5. The third kappa shape index (κ3) is 11.6. The normalized spacial score (nSPS) is 17.0. The van der Waals surface area contributed by atoms with E-state index >= 15 is 0 Å². The molecule has 2 aliphatic heterocycles. The molecule has 0 unspecified atom stereocenters. The molecule has 5 aromatic carbocycles. The maximum atomic E-state index is 13.9. The molecular formula is C54H58N4O9. The number of aliphatic hydroxyl groups excluding tert-OH is 1. The molecule has 2 fully saturated rings. The number of nitrogens with one attached hydrogen (secondary N) is 2. The van der Waals surface area contributed by atoms with E-state index in [9.17, 15) is 34.5 Å². The van der Waals surface area contributed by atoms with E-state index in [4.69, 9.17) is 9.47 Å². The smallest absolute Gasteiger partial charge is 0.347 e. The van der Waals surface area contributed by atoms with Gasteiger partial charge in [-0.05, 0) is 123 Å². The van der Waals surface area contributed by atoms with Gasteiger partial charge in [0.1, 0.15) is 11.5 Å². The van der Waals surface area contributed by atoms with E-state index in [1.165, 1.54) is 17.7 Å². The van der Waals surface area contributed by atoms with E-state index in [0.29, 0.717) is 78.5 Å². The topological polar surface area (TPSA) is 182 Å². The fraction of sp³-hybridized carbons (Fsp3) is 0.333. The van der Waals surface area contributed by atoms with Crippen LogP contribution in [-0.2, 0) is 32.9 Å². The maximum absolute atomic E-state index is 13.9. The fourth-order valence-corrected chi connectivity index (χ4v) is 9.20. The first-order chi connectivity index (χ1) is 32.5. The Hall–Kier alpha value is -6.80. The summed E-state index contributed by atoms with van der Waals surface area (Å²) in [6.07, 6.45) is 4.18. The number of aromatic hydroxyl groups is 1. The van der Waals surface area contributed by atoms with Crippen LogP contribution in [0.2, 0.25) is 0 Å². The molecule has 5 N–H and O–H groups in total. The predicted molar refractivity (Wildman–Crippen MR) is 254 cm³/mol. The van der Waals surface area contributed by atoms with E-state index in [0.717, 1.165) is 38.0 Å². The molecule has 0 bridgehead atoms. The number of rotatable bonds is 17. The molecule has 2 saturated heterocycles. The third-order valence-electron chi connectivity index (χ3n) is 13.0. The first kappa shape index (κ1) is 46.7. The summed E-state index contributed by atoms with van der Waals surface area (Å²) in [5, 5.41) is 37.0. The number of aromatic amines is 1. The first-order valence-corrected chi connectivity index (χ1v) is 23.2. The number of aryl methyl sites for hydroxylation is 1. The summed E-state index contributed by atoms with van der Waals surface area (Å²) in [6.45, 7) is 3.45. The SMILES string of the molecule is O=C(N[C@H]1CCCN(C(=O)COc2cccc([C@](O)(C(=O)OCC3CCN(Cc4ccccc4)CC3)c3ccccc3)c2)C1)c1ccc(CCC[C@H](O)c2ccc(O)c3[nH]c(=O)ccc23)cc1. The molecule has 0 spiro atoms. The first-order valence-electron chi connectivity index (χ1n) is 23.2. The molecule has 0 aliphatic carbocycles.